The lowest BCUT2D eigenvalue weighted by molar-refractivity contribution is -0.133. The van der Waals surface area contributed by atoms with Gasteiger partial charge >= 0.3 is 0 Å². The van der Waals surface area contributed by atoms with Crippen molar-refractivity contribution in [3.05, 3.63) is 57.8 Å². The number of nitrogens with zero attached hydrogens (tertiary/aromatic N) is 1. The first-order chi connectivity index (χ1) is 11.6. The van der Waals surface area contributed by atoms with Crippen molar-refractivity contribution in [3.63, 3.8) is 0 Å². The van der Waals surface area contributed by atoms with Crippen molar-refractivity contribution in [2.75, 3.05) is 6.54 Å². The van der Waals surface area contributed by atoms with Crippen LogP contribution in [0.1, 0.15) is 46.6 Å². The van der Waals surface area contributed by atoms with Crippen LogP contribution in [0.25, 0.3) is 0 Å². The highest BCUT2D eigenvalue weighted by atomic mass is 32.1. The Bertz CT molecular complexity index is 727. The molecule has 1 fully saturated rings. The number of hydrogen-bond acceptors (Lipinski definition) is 3. The number of amides is 2. The van der Waals surface area contributed by atoms with E-state index >= 15 is 0 Å². The van der Waals surface area contributed by atoms with E-state index in [1.54, 1.807) is 13.0 Å². The number of hydrogen-bond donors (Lipinski definition) is 1. The fraction of sp³-hybridized carbons (Fsp3) is 0.368. The molecule has 4 nitrogen and oxygen atoms in total. The molecule has 0 radical (unpaired) electrons. The highest BCUT2D eigenvalue weighted by Gasteiger charge is 2.33. The SMILES string of the molecule is Cc1ccccc1C1CCCN1C(=O)C(C)NC(=O)c1cccs1. The van der Waals surface area contributed by atoms with Gasteiger partial charge in [-0.1, -0.05) is 30.3 Å². The van der Waals surface area contributed by atoms with E-state index in [1.807, 2.05) is 28.5 Å². The van der Waals surface area contributed by atoms with Gasteiger partial charge in [0.1, 0.15) is 6.04 Å². The number of rotatable bonds is 4. The van der Waals surface area contributed by atoms with Crippen molar-refractivity contribution in [2.24, 2.45) is 0 Å². The molecule has 1 N–H and O–H groups in total. The zero-order valence-corrected chi connectivity index (χ0v) is 14.8. The third-order valence-electron chi connectivity index (χ3n) is 4.55. The number of carbonyl (C=O) groups excluding carboxylic acids is 2. The first-order valence-corrected chi connectivity index (χ1v) is 9.16. The molecule has 5 heteroatoms. The van der Waals surface area contributed by atoms with Crippen LogP contribution in [-0.4, -0.2) is 29.3 Å². The minimum atomic E-state index is -0.524. The predicted molar refractivity (Wildman–Crippen MR) is 96.1 cm³/mol. The topological polar surface area (TPSA) is 49.4 Å². The van der Waals surface area contributed by atoms with Crippen LogP contribution in [0.15, 0.2) is 41.8 Å². The van der Waals surface area contributed by atoms with E-state index in [0.717, 1.165) is 19.4 Å². The smallest absolute Gasteiger partial charge is 0.261 e. The van der Waals surface area contributed by atoms with Crippen molar-refractivity contribution in [1.29, 1.82) is 0 Å². The maximum atomic E-state index is 12.9. The summed E-state index contributed by atoms with van der Waals surface area (Å²) >= 11 is 1.38. The van der Waals surface area contributed by atoms with Gasteiger partial charge in [0.25, 0.3) is 5.91 Å². The van der Waals surface area contributed by atoms with Gasteiger partial charge < -0.3 is 10.2 Å². The average Bonchev–Trinajstić information content (AvgIpc) is 3.26. The summed E-state index contributed by atoms with van der Waals surface area (Å²) in [6.07, 6.45) is 1.97. The van der Waals surface area contributed by atoms with Gasteiger partial charge in [0.15, 0.2) is 0 Å². The molecule has 2 aromatic rings. The molecule has 2 heterocycles. The van der Waals surface area contributed by atoms with Crippen molar-refractivity contribution in [3.8, 4) is 0 Å². The summed E-state index contributed by atoms with van der Waals surface area (Å²) in [5, 5.41) is 4.68. The standard InChI is InChI=1S/C19H22N2O2S/c1-13-7-3-4-8-15(13)16-9-5-11-21(16)19(23)14(2)20-18(22)17-10-6-12-24-17/h3-4,6-8,10,12,14,16H,5,9,11H2,1-2H3,(H,20,22). The number of thiophene rings is 1. The third-order valence-corrected chi connectivity index (χ3v) is 5.41. The van der Waals surface area contributed by atoms with Crippen LogP contribution < -0.4 is 5.32 Å². The molecule has 2 atom stereocenters. The van der Waals surface area contributed by atoms with Crippen LogP contribution in [0.5, 0.6) is 0 Å². The van der Waals surface area contributed by atoms with Gasteiger partial charge in [-0.25, -0.2) is 0 Å². The van der Waals surface area contributed by atoms with Crippen molar-refractivity contribution < 1.29 is 9.59 Å². The summed E-state index contributed by atoms with van der Waals surface area (Å²) in [7, 11) is 0. The molecule has 0 spiro atoms. The zero-order chi connectivity index (χ0) is 17.1. The number of likely N-dealkylation sites (tertiary alicyclic amines) is 1. The molecule has 1 aliphatic rings. The van der Waals surface area contributed by atoms with E-state index in [0.29, 0.717) is 4.88 Å². The monoisotopic (exact) mass is 342 g/mol. The molecule has 126 valence electrons. The molecule has 0 saturated carbocycles. The Hall–Kier alpha value is -2.14. The highest BCUT2D eigenvalue weighted by molar-refractivity contribution is 7.12. The van der Waals surface area contributed by atoms with Gasteiger partial charge in [-0.15, -0.1) is 11.3 Å². The summed E-state index contributed by atoms with van der Waals surface area (Å²) < 4.78 is 0. The first-order valence-electron chi connectivity index (χ1n) is 8.28. The van der Waals surface area contributed by atoms with Gasteiger partial charge in [-0.05, 0) is 49.3 Å². The van der Waals surface area contributed by atoms with Gasteiger partial charge in [-0.2, -0.15) is 0 Å². The molecule has 1 saturated heterocycles. The number of nitrogens with one attached hydrogen (secondary N) is 1. The maximum Gasteiger partial charge on any atom is 0.261 e. The van der Waals surface area contributed by atoms with Crippen molar-refractivity contribution in [2.45, 2.75) is 38.8 Å². The lowest BCUT2D eigenvalue weighted by Crippen LogP contribution is -2.46. The minimum absolute atomic E-state index is 0.00865. The Balaban J connectivity index is 1.71. The van der Waals surface area contributed by atoms with Gasteiger partial charge in [-0.3, -0.25) is 9.59 Å². The molecular formula is C19H22N2O2S. The van der Waals surface area contributed by atoms with E-state index in [1.165, 1.54) is 22.5 Å². The molecule has 1 aromatic heterocycles. The third kappa shape index (κ3) is 3.36. The van der Waals surface area contributed by atoms with Crippen molar-refractivity contribution >= 4 is 23.2 Å². The molecule has 24 heavy (non-hydrogen) atoms. The molecule has 2 amide bonds. The second kappa shape index (κ2) is 7.18. The van der Waals surface area contributed by atoms with Crippen LogP contribution in [0, 0.1) is 6.92 Å². The maximum absolute atomic E-state index is 12.9. The number of aryl methyl sites for hydroxylation is 1. The van der Waals surface area contributed by atoms with E-state index in [-0.39, 0.29) is 17.9 Å². The summed E-state index contributed by atoms with van der Waals surface area (Å²) in [4.78, 5) is 27.6. The molecule has 2 unspecified atom stereocenters. The van der Waals surface area contributed by atoms with Crippen LogP contribution in [0.2, 0.25) is 0 Å². The first kappa shape index (κ1) is 16.7. The quantitative estimate of drug-likeness (QED) is 0.924. The van der Waals surface area contributed by atoms with Crippen LogP contribution in [0.4, 0.5) is 0 Å². The predicted octanol–water partition coefficient (Wildman–Crippen LogP) is 3.54. The van der Waals surface area contributed by atoms with E-state index in [9.17, 15) is 9.59 Å². The highest BCUT2D eigenvalue weighted by Crippen LogP contribution is 2.34. The van der Waals surface area contributed by atoms with Gasteiger partial charge in [0.2, 0.25) is 5.91 Å². The van der Waals surface area contributed by atoms with Crippen molar-refractivity contribution in [1.82, 2.24) is 10.2 Å². The zero-order valence-electron chi connectivity index (χ0n) is 14.0. The lowest BCUT2D eigenvalue weighted by atomic mass is 9.99. The summed E-state index contributed by atoms with van der Waals surface area (Å²) in [6.45, 7) is 4.59. The van der Waals surface area contributed by atoms with Crippen LogP contribution >= 0.6 is 11.3 Å². The Morgan fingerprint density at radius 1 is 1.25 bits per heavy atom. The van der Waals surface area contributed by atoms with Gasteiger partial charge in [0.05, 0.1) is 10.9 Å². The fourth-order valence-corrected chi connectivity index (χ4v) is 3.93. The van der Waals surface area contributed by atoms with Crippen LogP contribution in [0.3, 0.4) is 0 Å². The molecule has 1 aromatic carbocycles. The second-order valence-electron chi connectivity index (χ2n) is 6.22. The second-order valence-corrected chi connectivity index (χ2v) is 7.17. The molecule has 0 aliphatic carbocycles. The van der Waals surface area contributed by atoms with Gasteiger partial charge in [0, 0.05) is 6.54 Å². The minimum Gasteiger partial charge on any atom is -0.340 e. The Morgan fingerprint density at radius 3 is 2.75 bits per heavy atom. The largest absolute Gasteiger partial charge is 0.340 e. The van der Waals surface area contributed by atoms with Crippen LogP contribution in [-0.2, 0) is 4.79 Å². The molecule has 1 aliphatic heterocycles. The summed E-state index contributed by atoms with van der Waals surface area (Å²) in [5.41, 5.74) is 2.41. The molecule has 3 rings (SSSR count). The Morgan fingerprint density at radius 2 is 2.04 bits per heavy atom. The number of benzene rings is 1. The Labute approximate surface area is 146 Å². The molecule has 0 bridgehead atoms. The molecular weight excluding hydrogens is 320 g/mol. The average molecular weight is 342 g/mol. The lowest BCUT2D eigenvalue weighted by Gasteiger charge is -2.29. The normalized spacial score (nSPS) is 18.4. The summed E-state index contributed by atoms with van der Waals surface area (Å²) in [5.74, 6) is -0.192. The summed E-state index contributed by atoms with van der Waals surface area (Å²) in [6, 6.07) is 11.4. The fourth-order valence-electron chi connectivity index (χ4n) is 3.30. The Kier molecular flexibility index (Phi) is 5.00. The van der Waals surface area contributed by atoms with E-state index in [2.05, 4.69) is 24.4 Å². The van der Waals surface area contributed by atoms with E-state index in [4.69, 9.17) is 0 Å². The number of carbonyl (C=O) groups is 2. The van der Waals surface area contributed by atoms with E-state index < -0.39 is 6.04 Å².